The highest BCUT2D eigenvalue weighted by molar-refractivity contribution is 5.71. The van der Waals surface area contributed by atoms with E-state index in [0.29, 0.717) is 28.3 Å². The summed E-state index contributed by atoms with van der Waals surface area (Å²) in [6, 6.07) is 4.06. The maximum Gasteiger partial charge on any atom is 0.421 e. The third kappa shape index (κ3) is 2.70. The predicted molar refractivity (Wildman–Crippen MR) is 85.7 cm³/mol. The van der Waals surface area contributed by atoms with Crippen molar-refractivity contribution in [3.8, 4) is 11.3 Å². The van der Waals surface area contributed by atoms with E-state index in [4.69, 9.17) is 5.73 Å². The average Bonchev–Trinajstić information content (AvgIpc) is 2.90. The fourth-order valence-corrected chi connectivity index (χ4v) is 2.56. The molecule has 3 rings (SSSR count). The number of rotatable bonds is 2. The van der Waals surface area contributed by atoms with Crippen molar-refractivity contribution < 1.29 is 18.3 Å². The zero-order chi connectivity index (χ0) is 18.6. The molecular formula is C16H16F3N5O. The summed E-state index contributed by atoms with van der Waals surface area (Å²) in [6.45, 7) is 4.12. The molecule has 6 nitrogen and oxygen atoms in total. The van der Waals surface area contributed by atoms with Gasteiger partial charge < -0.3 is 10.8 Å². The fraction of sp³-hybridized carbons (Fsp3) is 0.312. The van der Waals surface area contributed by atoms with Gasteiger partial charge in [0.1, 0.15) is 5.82 Å². The van der Waals surface area contributed by atoms with E-state index >= 15 is 0 Å². The van der Waals surface area contributed by atoms with Crippen LogP contribution in [0.4, 0.5) is 19.0 Å². The minimum Gasteiger partial charge on any atom is -0.380 e. The number of nitrogens with two attached hydrogens (primary N) is 1. The number of hydrogen-bond donors (Lipinski definition) is 2. The molecule has 0 spiro atoms. The second-order valence-corrected chi connectivity index (χ2v) is 6.02. The van der Waals surface area contributed by atoms with E-state index in [-0.39, 0.29) is 11.4 Å². The number of fused-ring (bicyclic) bond motifs is 1. The van der Waals surface area contributed by atoms with Crippen LogP contribution in [0, 0.1) is 13.8 Å². The lowest BCUT2D eigenvalue weighted by Crippen LogP contribution is -2.39. The summed E-state index contributed by atoms with van der Waals surface area (Å²) in [5, 5.41) is 14.2. The Hall–Kier alpha value is -2.68. The molecule has 0 bridgehead atoms. The van der Waals surface area contributed by atoms with Crippen LogP contribution in [0.1, 0.15) is 23.9 Å². The Labute approximate surface area is 141 Å². The first-order chi connectivity index (χ1) is 11.5. The SMILES string of the molecule is Cc1nc(N)c2ncc(-c3cc(C(C)(O)C(F)(F)F)ccc3C)n2n1. The molecule has 25 heavy (non-hydrogen) atoms. The van der Waals surface area contributed by atoms with Gasteiger partial charge in [0.2, 0.25) is 0 Å². The molecule has 0 aliphatic rings. The first kappa shape index (κ1) is 17.2. The van der Waals surface area contributed by atoms with Gasteiger partial charge in [-0.3, -0.25) is 0 Å². The van der Waals surface area contributed by atoms with Crippen molar-refractivity contribution in [3.63, 3.8) is 0 Å². The van der Waals surface area contributed by atoms with Gasteiger partial charge in [0.25, 0.3) is 0 Å². The van der Waals surface area contributed by atoms with Gasteiger partial charge in [-0.2, -0.15) is 18.3 Å². The first-order valence-electron chi connectivity index (χ1n) is 7.41. The number of benzene rings is 1. The molecule has 3 N–H and O–H groups in total. The third-order valence-corrected chi connectivity index (χ3v) is 4.12. The minimum absolute atomic E-state index is 0.176. The molecule has 1 aromatic carbocycles. The van der Waals surface area contributed by atoms with Crippen LogP contribution in [-0.2, 0) is 5.60 Å². The minimum atomic E-state index is -4.80. The molecule has 3 aromatic rings. The van der Waals surface area contributed by atoms with Crippen LogP contribution in [0.3, 0.4) is 0 Å². The van der Waals surface area contributed by atoms with E-state index in [9.17, 15) is 18.3 Å². The molecule has 1 atom stereocenters. The lowest BCUT2D eigenvalue weighted by Gasteiger charge is -2.27. The van der Waals surface area contributed by atoms with Gasteiger partial charge in [-0.05, 0) is 38.0 Å². The Morgan fingerprint density at radius 2 is 1.88 bits per heavy atom. The van der Waals surface area contributed by atoms with E-state index in [1.165, 1.54) is 28.9 Å². The topological polar surface area (TPSA) is 89.3 Å². The summed E-state index contributed by atoms with van der Waals surface area (Å²) in [5.41, 5.74) is 4.53. The normalized spacial score (nSPS) is 14.7. The molecule has 132 valence electrons. The lowest BCUT2D eigenvalue weighted by atomic mass is 9.91. The van der Waals surface area contributed by atoms with Gasteiger partial charge in [-0.15, -0.1) is 0 Å². The van der Waals surface area contributed by atoms with E-state index in [1.807, 2.05) is 0 Å². The first-order valence-corrected chi connectivity index (χ1v) is 7.41. The van der Waals surface area contributed by atoms with Crippen LogP contribution in [0.5, 0.6) is 0 Å². The number of aliphatic hydroxyl groups is 1. The highest BCUT2D eigenvalue weighted by Crippen LogP contribution is 2.40. The van der Waals surface area contributed by atoms with Gasteiger partial charge in [0.15, 0.2) is 17.1 Å². The molecule has 0 saturated carbocycles. The summed E-state index contributed by atoms with van der Waals surface area (Å²) in [4.78, 5) is 8.16. The summed E-state index contributed by atoms with van der Waals surface area (Å²) in [7, 11) is 0. The van der Waals surface area contributed by atoms with Crippen molar-refractivity contribution in [1.29, 1.82) is 0 Å². The van der Waals surface area contributed by atoms with Crippen molar-refractivity contribution in [1.82, 2.24) is 19.6 Å². The predicted octanol–water partition coefficient (Wildman–Crippen LogP) is 2.76. The number of imidazole rings is 1. The van der Waals surface area contributed by atoms with Crippen molar-refractivity contribution in [3.05, 3.63) is 41.3 Å². The monoisotopic (exact) mass is 351 g/mol. The maximum atomic E-state index is 13.1. The lowest BCUT2D eigenvalue weighted by molar-refractivity contribution is -0.258. The molecule has 2 heterocycles. The molecule has 0 fully saturated rings. The average molecular weight is 351 g/mol. The van der Waals surface area contributed by atoms with Crippen LogP contribution in [0.15, 0.2) is 24.4 Å². The molecule has 0 amide bonds. The molecule has 0 saturated heterocycles. The highest BCUT2D eigenvalue weighted by atomic mass is 19.4. The van der Waals surface area contributed by atoms with Crippen molar-refractivity contribution in [2.24, 2.45) is 0 Å². The molecule has 0 aliphatic carbocycles. The van der Waals surface area contributed by atoms with Crippen molar-refractivity contribution in [2.45, 2.75) is 32.5 Å². The van der Waals surface area contributed by atoms with E-state index in [1.54, 1.807) is 13.8 Å². The Kier molecular flexibility index (Phi) is 3.72. The fourth-order valence-electron chi connectivity index (χ4n) is 2.56. The highest BCUT2D eigenvalue weighted by Gasteiger charge is 2.51. The largest absolute Gasteiger partial charge is 0.421 e. The number of hydrogen-bond acceptors (Lipinski definition) is 5. The number of nitrogens with zero attached hydrogens (tertiary/aromatic N) is 4. The van der Waals surface area contributed by atoms with Gasteiger partial charge >= 0.3 is 6.18 Å². The Morgan fingerprint density at radius 3 is 2.52 bits per heavy atom. The molecule has 9 heteroatoms. The van der Waals surface area contributed by atoms with Gasteiger partial charge in [0, 0.05) is 5.56 Å². The van der Waals surface area contributed by atoms with Gasteiger partial charge in [-0.25, -0.2) is 14.5 Å². The van der Waals surface area contributed by atoms with Crippen molar-refractivity contribution in [2.75, 3.05) is 5.73 Å². The van der Waals surface area contributed by atoms with Gasteiger partial charge in [-0.1, -0.05) is 12.1 Å². The van der Waals surface area contributed by atoms with Crippen LogP contribution < -0.4 is 5.73 Å². The second kappa shape index (κ2) is 5.41. The third-order valence-electron chi connectivity index (χ3n) is 4.12. The van der Waals surface area contributed by atoms with Crippen LogP contribution >= 0.6 is 0 Å². The summed E-state index contributed by atoms with van der Waals surface area (Å²) in [6.07, 6.45) is -3.34. The number of aryl methyl sites for hydroxylation is 2. The summed E-state index contributed by atoms with van der Waals surface area (Å²) < 4.78 is 40.9. The Bertz CT molecular complexity index is 962. The van der Waals surface area contributed by atoms with Crippen LogP contribution in [0.2, 0.25) is 0 Å². The van der Waals surface area contributed by atoms with E-state index < -0.39 is 11.8 Å². The molecule has 2 aromatic heterocycles. The maximum absolute atomic E-state index is 13.1. The quantitative estimate of drug-likeness (QED) is 0.741. The Balaban J connectivity index is 2.24. The van der Waals surface area contributed by atoms with Gasteiger partial charge in [0.05, 0.1) is 11.9 Å². The molecule has 0 aliphatic heterocycles. The zero-order valence-electron chi connectivity index (χ0n) is 13.8. The van der Waals surface area contributed by atoms with E-state index in [2.05, 4.69) is 15.1 Å². The number of nitrogen functional groups attached to an aromatic ring is 1. The second-order valence-electron chi connectivity index (χ2n) is 6.02. The summed E-state index contributed by atoms with van der Waals surface area (Å²) in [5.74, 6) is 0.579. The number of anilines is 1. The molecular weight excluding hydrogens is 335 g/mol. The van der Waals surface area contributed by atoms with Crippen LogP contribution in [0.25, 0.3) is 16.9 Å². The molecule has 0 radical (unpaired) electrons. The van der Waals surface area contributed by atoms with Crippen molar-refractivity contribution >= 4 is 11.5 Å². The number of alkyl halides is 3. The Morgan fingerprint density at radius 1 is 1.20 bits per heavy atom. The van der Waals surface area contributed by atoms with Crippen LogP contribution in [-0.4, -0.2) is 30.9 Å². The smallest absolute Gasteiger partial charge is 0.380 e. The number of aromatic nitrogens is 4. The number of halogens is 3. The standard InChI is InChI=1S/C16H16F3N5O/c1-8-4-5-10(15(3,25)16(17,18)19)6-11(8)12-7-21-14-13(20)22-9(2)23-24(12)14/h4-7,25H,1-3H3,(H2,20,22,23). The molecule has 1 unspecified atom stereocenters. The zero-order valence-corrected chi connectivity index (χ0v) is 13.8. The summed E-state index contributed by atoms with van der Waals surface area (Å²) >= 11 is 0. The van der Waals surface area contributed by atoms with E-state index in [0.717, 1.165) is 6.92 Å².